The Hall–Kier alpha value is -0.943. The van der Waals surface area contributed by atoms with E-state index in [9.17, 15) is 0 Å². The minimum absolute atomic E-state index is 0.642. The molecule has 0 saturated heterocycles. The van der Waals surface area contributed by atoms with Gasteiger partial charge in [0, 0.05) is 19.8 Å². The molecule has 0 fully saturated rings. The van der Waals surface area contributed by atoms with Gasteiger partial charge in [0.2, 0.25) is 0 Å². The zero-order valence-electron chi connectivity index (χ0n) is 16.9. The van der Waals surface area contributed by atoms with Gasteiger partial charge in [-0.15, -0.1) is 0 Å². The third-order valence-electron chi connectivity index (χ3n) is 4.36. The molecule has 0 unspecified atom stereocenters. The van der Waals surface area contributed by atoms with Crippen LogP contribution in [0.15, 0.2) is 30.8 Å². The molecule has 3 nitrogen and oxygen atoms in total. The van der Waals surface area contributed by atoms with E-state index in [1.165, 1.54) is 31.2 Å². The van der Waals surface area contributed by atoms with Gasteiger partial charge >= 0.3 is 9.28 Å². The van der Waals surface area contributed by atoms with Crippen LogP contribution in [0.5, 0.6) is 0 Å². The van der Waals surface area contributed by atoms with Gasteiger partial charge in [-0.3, -0.25) is 0 Å². The van der Waals surface area contributed by atoms with Crippen LogP contribution in [0.3, 0.4) is 0 Å². The first-order valence-corrected chi connectivity index (χ1v) is 12.1. The monoisotopic (exact) mass is 378 g/mol. The van der Waals surface area contributed by atoms with Crippen molar-refractivity contribution in [2.24, 2.45) is 0 Å². The standard InChI is InChI=1S/C22H38O3Si/c1-4-7-11-17-24-26(25-18-12-8-5-2)19-13-16-23-20-22-15-10-9-14-21(22)6-3/h6,9-10,14-15,26H,3-5,7-8,11-13,16-20H2,1-2H3. The summed E-state index contributed by atoms with van der Waals surface area (Å²) in [6.45, 7) is 11.4. The van der Waals surface area contributed by atoms with Crippen LogP contribution in [-0.2, 0) is 20.2 Å². The molecule has 4 heteroatoms. The number of hydrogen-bond acceptors (Lipinski definition) is 3. The summed E-state index contributed by atoms with van der Waals surface area (Å²) in [5.74, 6) is 0. The number of rotatable bonds is 17. The highest BCUT2D eigenvalue weighted by Gasteiger charge is 2.13. The van der Waals surface area contributed by atoms with E-state index >= 15 is 0 Å². The molecule has 1 rings (SSSR count). The van der Waals surface area contributed by atoms with Crippen molar-refractivity contribution in [3.63, 3.8) is 0 Å². The first kappa shape index (κ1) is 23.1. The van der Waals surface area contributed by atoms with E-state index in [1.54, 1.807) is 0 Å². The fourth-order valence-electron chi connectivity index (χ4n) is 2.75. The van der Waals surface area contributed by atoms with Crippen LogP contribution in [0.4, 0.5) is 0 Å². The van der Waals surface area contributed by atoms with Crippen LogP contribution in [-0.4, -0.2) is 29.1 Å². The fraction of sp³-hybridized carbons (Fsp3) is 0.636. The van der Waals surface area contributed by atoms with Crippen molar-refractivity contribution in [3.05, 3.63) is 42.0 Å². The minimum Gasteiger partial charge on any atom is -0.397 e. The summed E-state index contributed by atoms with van der Waals surface area (Å²) in [5.41, 5.74) is 2.35. The molecule has 0 aliphatic rings. The van der Waals surface area contributed by atoms with E-state index in [0.29, 0.717) is 6.61 Å². The van der Waals surface area contributed by atoms with Crippen LogP contribution in [0.1, 0.15) is 69.9 Å². The Labute approximate surface area is 162 Å². The van der Waals surface area contributed by atoms with Crippen molar-refractivity contribution in [1.82, 2.24) is 0 Å². The Morgan fingerprint density at radius 2 is 1.54 bits per heavy atom. The largest absolute Gasteiger partial charge is 0.397 e. The van der Waals surface area contributed by atoms with Crippen LogP contribution in [0, 0.1) is 0 Å². The van der Waals surface area contributed by atoms with Gasteiger partial charge in [0.25, 0.3) is 0 Å². The highest BCUT2D eigenvalue weighted by Crippen LogP contribution is 2.12. The van der Waals surface area contributed by atoms with E-state index in [4.69, 9.17) is 13.6 Å². The molecule has 0 aliphatic heterocycles. The van der Waals surface area contributed by atoms with E-state index < -0.39 is 9.28 Å². The van der Waals surface area contributed by atoms with E-state index in [1.807, 2.05) is 18.2 Å². The van der Waals surface area contributed by atoms with Gasteiger partial charge < -0.3 is 13.6 Å². The van der Waals surface area contributed by atoms with Crippen LogP contribution in [0.2, 0.25) is 6.04 Å². The number of hydrogen-bond donors (Lipinski definition) is 0. The second-order valence-electron chi connectivity index (χ2n) is 6.68. The van der Waals surface area contributed by atoms with Gasteiger partial charge in [-0.2, -0.15) is 0 Å². The summed E-state index contributed by atoms with van der Waals surface area (Å²) in [6.07, 6.45) is 10.1. The average molecular weight is 379 g/mol. The fourth-order valence-corrected chi connectivity index (χ4v) is 4.54. The Balaban J connectivity index is 2.24. The minimum atomic E-state index is -1.55. The third kappa shape index (κ3) is 10.9. The average Bonchev–Trinajstić information content (AvgIpc) is 2.67. The summed E-state index contributed by atoms with van der Waals surface area (Å²) in [4.78, 5) is 0. The highest BCUT2D eigenvalue weighted by molar-refractivity contribution is 6.44. The van der Waals surface area contributed by atoms with Gasteiger partial charge in [0.15, 0.2) is 0 Å². The maximum Gasteiger partial charge on any atom is 0.321 e. The molecule has 148 valence electrons. The molecular weight excluding hydrogens is 340 g/mol. The molecule has 0 amide bonds. The lowest BCUT2D eigenvalue weighted by Crippen LogP contribution is -2.24. The molecule has 0 spiro atoms. The molecule has 0 radical (unpaired) electrons. The summed E-state index contributed by atoms with van der Waals surface area (Å²) in [5, 5.41) is 0. The van der Waals surface area contributed by atoms with Gasteiger partial charge in [-0.05, 0) is 36.4 Å². The molecule has 0 atom stereocenters. The summed E-state index contributed by atoms with van der Waals surface area (Å²) in [7, 11) is -1.55. The lowest BCUT2D eigenvalue weighted by Gasteiger charge is -2.17. The predicted octanol–water partition coefficient (Wildman–Crippen LogP) is 5.87. The molecule has 0 saturated carbocycles. The number of unbranched alkanes of at least 4 members (excludes halogenated alkanes) is 4. The van der Waals surface area contributed by atoms with Crippen molar-refractivity contribution >= 4 is 15.4 Å². The van der Waals surface area contributed by atoms with Crippen molar-refractivity contribution in [2.45, 2.75) is 71.4 Å². The molecule has 0 heterocycles. The van der Waals surface area contributed by atoms with Gasteiger partial charge in [-0.1, -0.05) is 76.5 Å². The Kier molecular flexibility index (Phi) is 14.4. The van der Waals surface area contributed by atoms with Gasteiger partial charge in [-0.25, -0.2) is 0 Å². The maximum atomic E-state index is 6.07. The van der Waals surface area contributed by atoms with Crippen LogP contribution < -0.4 is 0 Å². The SMILES string of the molecule is C=Cc1ccccc1COCCC[SiH](OCCCCC)OCCCCC. The molecule has 1 aromatic carbocycles. The van der Waals surface area contributed by atoms with E-state index in [-0.39, 0.29) is 0 Å². The molecule has 1 aromatic rings. The van der Waals surface area contributed by atoms with Crippen molar-refractivity contribution in [1.29, 1.82) is 0 Å². The quantitative estimate of drug-likeness (QED) is 0.251. The summed E-state index contributed by atoms with van der Waals surface area (Å²) >= 11 is 0. The first-order valence-electron chi connectivity index (χ1n) is 10.3. The van der Waals surface area contributed by atoms with Crippen molar-refractivity contribution < 1.29 is 13.6 Å². The highest BCUT2D eigenvalue weighted by atomic mass is 28.3. The number of benzene rings is 1. The normalized spacial score (nSPS) is 11.2. The van der Waals surface area contributed by atoms with Crippen molar-refractivity contribution in [2.75, 3.05) is 19.8 Å². The Morgan fingerprint density at radius 3 is 2.15 bits per heavy atom. The Bertz CT molecular complexity index is 452. The number of ether oxygens (including phenoxy) is 1. The summed E-state index contributed by atoms with van der Waals surface area (Å²) in [6, 6.07) is 9.28. The second-order valence-corrected chi connectivity index (χ2v) is 8.79. The topological polar surface area (TPSA) is 27.7 Å². The summed E-state index contributed by atoms with van der Waals surface area (Å²) < 4.78 is 18.0. The lowest BCUT2D eigenvalue weighted by molar-refractivity contribution is 0.117. The molecule has 26 heavy (non-hydrogen) atoms. The van der Waals surface area contributed by atoms with Crippen LogP contribution >= 0.6 is 0 Å². The molecule has 0 N–H and O–H groups in total. The lowest BCUT2D eigenvalue weighted by atomic mass is 10.1. The zero-order chi connectivity index (χ0) is 18.9. The van der Waals surface area contributed by atoms with E-state index in [0.717, 1.165) is 50.7 Å². The van der Waals surface area contributed by atoms with Gasteiger partial charge in [0.05, 0.1) is 6.61 Å². The zero-order valence-corrected chi connectivity index (χ0v) is 18.0. The molecular formula is C22H38O3Si. The molecule has 0 aromatic heterocycles. The van der Waals surface area contributed by atoms with E-state index in [2.05, 4.69) is 32.6 Å². The molecule has 0 aliphatic carbocycles. The van der Waals surface area contributed by atoms with Gasteiger partial charge in [0.1, 0.15) is 0 Å². The second kappa shape index (κ2) is 16.2. The third-order valence-corrected chi connectivity index (χ3v) is 6.46. The maximum absolute atomic E-state index is 6.07. The van der Waals surface area contributed by atoms with Crippen LogP contribution in [0.25, 0.3) is 6.08 Å². The first-order chi connectivity index (χ1) is 12.8. The molecule has 0 bridgehead atoms. The van der Waals surface area contributed by atoms with Crippen molar-refractivity contribution in [3.8, 4) is 0 Å². The predicted molar refractivity (Wildman–Crippen MR) is 114 cm³/mol. The Morgan fingerprint density at radius 1 is 0.885 bits per heavy atom. The smallest absolute Gasteiger partial charge is 0.321 e.